The lowest BCUT2D eigenvalue weighted by molar-refractivity contribution is -0.145. The topological polar surface area (TPSA) is 127 Å². The molecule has 0 radical (unpaired) electrons. The molecular weight excluding hydrogens is 304 g/mol. The number of aliphatic hydroxyl groups excluding tert-OH is 4. The van der Waals surface area contributed by atoms with Gasteiger partial charge < -0.3 is 30.3 Å². The van der Waals surface area contributed by atoms with Crippen LogP contribution in [0.5, 0.6) is 0 Å². The Labute approximate surface area is 132 Å². The Morgan fingerprint density at radius 1 is 1.26 bits per heavy atom. The average Bonchev–Trinajstić information content (AvgIpc) is 2.49. The number of ether oxygens (including phenoxy) is 1. The molecule has 0 bridgehead atoms. The summed E-state index contributed by atoms with van der Waals surface area (Å²) < 4.78 is 4.98. The van der Waals surface area contributed by atoms with Crippen molar-refractivity contribution in [3.05, 3.63) is 46.1 Å². The third-order valence-corrected chi connectivity index (χ3v) is 4.64. The molecule has 0 amide bonds. The van der Waals surface area contributed by atoms with Gasteiger partial charge in [0.15, 0.2) is 5.78 Å². The van der Waals surface area contributed by atoms with Crippen molar-refractivity contribution < 1.29 is 35.1 Å². The predicted molar refractivity (Wildman–Crippen MR) is 78.2 cm³/mol. The third-order valence-electron chi connectivity index (χ3n) is 4.64. The first kappa shape index (κ1) is 15.8. The largest absolute Gasteiger partial charge is 0.511 e. The lowest BCUT2D eigenvalue weighted by Gasteiger charge is -2.41. The molecule has 0 aromatic carbocycles. The van der Waals surface area contributed by atoms with Crippen molar-refractivity contribution in [1.29, 1.82) is 0 Å². The van der Waals surface area contributed by atoms with Crippen molar-refractivity contribution in [1.82, 2.24) is 0 Å². The van der Waals surface area contributed by atoms with Gasteiger partial charge in [0.1, 0.15) is 29.5 Å². The van der Waals surface area contributed by atoms with Gasteiger partial charge in [-0.15, -0.1) is 0 Å². The quantitative estimate of drug-likeness (QED) is 0.465. The fraction of sp³-hybridized carbons (Fsp3) is 0.438. The molecule has 0 aliphatic heterocycles. The van der Waals surface area contributed by atoms with E-state index in [4.69, 9.17) is 4.74 Å². The number of allylic oxidation sites excluding steroid dienone is 3. The van der Waals surface area contributed by atoms with Crippen LogP contribution in [0.2, 0.25) is 0 Å². The molecule has 124 valence electrons. The number of Topliss-reactive ketones (excluding diaryl/α,β-unsaturated/α-hetero) is 1. The summed E-state index contributed by atoms with van der Waals surface area (Å²) in [6, 6.07) is 0. The van der Waals surface area contributed by atoms with Crippen LogP contribution < -0.4 is 0 Å². The molecule has 3 aliphatic rings. The maximum Gasteiger partial charge on any atom is 0.190 e. The summed E-state index contributed by atoms with van der Waals surface area (Å²) in [5.41, 5.74) is -1.47. The van der Waals surface area contributed by atoms with E-state index < -0.39 is 29.5 Å². The average molecular weight is 322 g/mol. The molecule has 1 saturated carbocycles. The number of carbonyl (C=O) groups is 1. The molecule has 3 aliphatic carbocycles. The highest BCUT2D eigenvalue weighted by Crippen LogP contribution is 2.46. The molecule has 0 heterocycles. The Balaban J connectivity index is 2.19. The summed E-state index contributed by atoms with van der Waals surface area (Å²) in [7, 11) is 1.32. The van der Waals surface area contributed by atoms with Crippen LogP contribution in [-0.4, -0.2) is 56.2 Å². The second-order valence-electron chi connectivity index (χ2n) is 6.23. The minimum absolute atomic E-state index is 0.0376. The van der Waals surface area contributed by atoms with Gasteiger partial charge >= 0.3 is 0 Å². The van der Waals surface area contributed by atoms with Gasteiger partial charge in [0, 0.05) is 28.7 Å². The van der Waals surface area contributed by atoms with Gasteiger partial charge in [0.25, 0.3) is 0 Å². The van der Waals surface area contributed by atoms with E-state index in [0.29, 0.717) is 0 Å². The lowest BCUT2D eigenvalue weighted by atomic mass is 9.67. The smallest absolute Gasteiger partial charge is 0.190 e. The van der Waals surface area contributed by atoms with Crippen LogP contribution in [0.4, 0.5) is 0 Å². The highest BCUT2D eigenvalue weighted by molar-refractivity contribution is 6.02. The Bertz CT molecular complexity index is 708. The molecule has 1 fully saturated rings. The van der Waals surface area contributed by atoms with Crippen LogP contribution in [0, 0.1) is 5.92 Å². The monoisotopic (exact) mass is 322 g/mol. The molecule has 3 rings (SSSR count). The number of hydrogen-bond donors (Lipinski definition) is 5. The van der Waals surface area contributed by atoms with E-state index in [2.05, 4.69) is 0 Å². The van der Waals surface area contributed by atoms with E-state index in [1.54, 1.807) is 0 Å². The van der Waals surface area contributed by atoms with Gasteiger partial charge in [-0.3, -0.25) is 4.79 Å². The first-order valence-electron chi connectivity index (χ1n) is 7.15. The molecule has 7 nitrogen and oxygen atoms in total. The van der Waals surface area contributed by atoms with E-state index in [0.717, 1.165) is 0 Å². The second-order valence-corrected chi connectivity index (χ2v) is 6.23. The van der Waals surface area contributed by atoms with Gasteiger partial charge in [0.2, 0.25) is 0 Å². The minimum atomic E-state index is -1.70. The van der Waals surface area contributed by atoms with Crippen molar-refractivity contribution >= 4 is 5.78 Å². The summed E-state index contributed by atoms with van der Waals surface area (Å²) in [4.78, 5) is 12.3. The van der Waals surface area contributed by atoms with Gasteiger partial charge in [-0.25, -0.2) is 0 Å². The number of methoxy groups -OCH3 is 1. The zero-order valence-electron chi connectivity index (χ0n) is 12.6. The van der Waals surface area contributed by atoms with E-state index >= 15 is 0 Å². The maximum atomic E-state index is 12.3. The summed E-state index contributed by atoms with van der Waals surface area (Å²) in [6.07, 6.45) is -0.458. The molecule has 5 N–H and O–H groups in total. The Kier molecular flexibility index (Phi) is 3.40. The minimum Gasteiger partial charge on any atom is -0.511 e. The third kappa shape index (κ3) is 2.12. The molecule has 4 atom stereocenters. The van der Waals surface area contributed by atoms with Crippen LogP contribution >= 0.6 is 0 Å². The lowest BCUT2D eigenvalue weighted by Crippen LogP contribution is -2.52. The van der Waals surface area contributed by atoms with E-state index in [-0.39, 0.29) is 40.4 Å². The predicted octanol–water partition coefficient (Wildman–Crippen LogP) is 0.156. The zero-order valence-corrected chi connectivity index (χ0v) is 12.6. The van der Waals surface area contributed by atoms with Crippen LogP contribution in [-0.2, 0) is 9.53 Å². The van der Waals surface area contributed by atoms with E-state index in [1.165, 1.54) is 26.2 Å². The maximum absolute atomic E-state index is 12.3. The van der Waals surface area contributed by atoms with Crippen molar-refractivity contribution in [2.75, 3.05) is 7.11 Å². The number of fused-ring (bicyclic) bond motifs is 2. The van der Waals surface area contributed by atoms with Crippen molar-refractivity contribution in [3.63, 3.8) is 0 Å². The van der Waals surface area contributed by atoms with Crippen LogP contribution in [0.25, 0.3) is 0 Å². The van der Waals surface area contributed by atoms with Crippen molar-refractivity contribution in [2.45, 2.75) is 31.2 Å². The Hall–Kier alpha value is -2.09. The SMILES string of the molecule is COC1=CC(O)=C2C=C3C(=O)C(O)C(C)(O)CC3C(O)=C2C1O. The normalized spacial score (nSPS) is 37.1. The number of rotatable bonds is 1. The number of carbonyl (C=O) groups excluding carboxylic acids is 1. The van der Waals surface area contributed by atoms with E-state index in [9.17, 15) is 30.3 Å². The van der Waals surface area contributed by atoms with Crippen LogP contribution in [0.3, 0.4) is 0 Å². The Morgan fingerprint density at radius 2 is 1.91 bits per heavy atom. The Morgan fingerprint density at radius 3 is 2.52 bits per heavy atom. The molecule has 0 aromatic heterocycles. The highest BCUT2D eigenvalue weighted by atomic mass is 16.5. The summed E-state index contributed by atoms with van der Waals surface area (Å²) in [6.45, 7) is 1.31. The molecule has 0 aromatic rings. The van der Waals surface area contributed by atoms with Crippen LogP contribution in [0.15, 0.2) is 46.1 Å². The zero-order chi connectivity index (χ0) is 17.1. The second kappa shape index (κ2) is 4.95. The van der Waals surface area contributed by atoms with Gasteiger partial charge in [0.05, 0.1) is 12.7 Å². The first-order chi connectivity index (χ1) is 10.7. The molecule has 4 unspecified atom stereocenters. The standard InChI is InChI=1S/C16H18O7/c1-16(22)5-8-6(13(19)15(16)21)3-7-9(17)4-10(23-2)14(20)11(7)12(8)18/h3-4,8,14-15,17-18,20-22H,5H2,1-2H3. The fourth-order valence-corrected chi connectivity index (χ4v) is 3.33. The van der Waals surface area contributed by atoms with E-state index in [1.807, 2.05) is 0 Å². The molecule has 0 spiro atoms. The number of hydrogen-bond acceptors (Lipinski definition) is 7. The van der Waals surface area contributed by atoms with Crippen LogP contribution in [0.1, 0.15) is 13.3 Å². The first-order valence-corrected chi connectivity index (χ1v) is 7.15. The van der Waals surface area contributed by atoms with Crippen molar-refractivity contribution in [2.24, 2.45) is 5.92 Å². The molecule has 0 saturated heterocycles. The highest BCUT2D eigenvalue weighted by Gasteiger charge is 2.50. The van der Waals surface area contributed by atoms with Gasteiger partial charge in [-0.1, -0.05) is 0 Å². The summed E-state index contributed by atoms with van der Waals surface area (Å²) >= 11 is 0. The van der Waals surface area contributed by atoms with Gasteiger partial charge in [-0.05, 0) is 19.4 Å². The van der Waals surface area contributed by atoms with Gasteiger partial charge in [-0.2, -0.15) is 0 Å². The van der Waals surface area contributed by atoms with Crippen molar-refractivity contribution in [3.8, 4) is 0 Å². The number of ketones is 1. The molecule has 7 heteroatoms. The summed E-state index contributed by atoms with van der Waals surface area (Å²) in [5, 5.41) is 51.1. The molecular formula is C16H18O7. The molecule has 23 heavy (non-hydrogen) atoms. The fourth-order valence-electron chi connectivity index (χ4n) is 3.33. The summed E-state index contributed by atoms with van der Waals surface area (Å²) in [5.74, 6) is -2.11. The number of aliphatic hydroxyl groups is 5.